The van der Waals surface area contributed by atoms with Gasteiger partial charge >= 0.3 is 7.60 Å². The minimum Gasteiger partial charge on any atom is -0.382 e. The van der Waals surface area contributed by atoms with Crippen LogP contribution in [0.1, 0.15) is 12.5 Å². The summed E-state index contributed by atoms with van der Waals surface area (Å²) < 4.78 is 30.2. The van der Waals surface area contributed by atoms with E-state index in [-0.39, 0.29) is 18.8 Å². The van der Waals surface area contributed by atoms with Gasteiger partial charge in [0.2, 0.25) is 0 Å². The molecule has 116 valence electrons. The number of fused-ring (bicyclic) bond motifs is 1. The zero-order chi connectivity index (χ0) is 15.5. The van der Waals surface area contributed by atoms with Crippen molar-refractivity contribution in [2.24, 2.45) is 0 Å². The number of hydrogen-bond donors (Lipinski definition) is 3. The van der Waals surface area contributed by atoms with Crippen LogP contribution in [0, 0.1) is 0 Å². The highest BCUT2D eigenvalue weighted by Gasteiger charge is 2.18. The number of nitrogens with two attached hydrogens (primary N) is 1. The number of imidazole rings is 1. The molecule has 0 saturated carbocycles. The Hall–Kier alpha value is -1.61. The van der Waals surface area contributed by atoms with Crippen LogP contribution in [-0.4, -0.2) is 48.9 Å². The minimum atomic E-state index is -4.21. The third kappa shape index (κ3) is 3.94. The fourth-order valence-corrected chi connectivity index (χ4v) is 2.20. The van der Waals surface area contributed by atoms with Crippen LogP contribution in [0.4, 0.5) is 10.2 Å². The Kier molecular flexibility index (Phi) is 4.84. The molecule has 9 nitrogen and oxygen atoms in total. The van der Waals surface area contributed by atoms with E-state index in [1.165, 1.54) is 17.2 Å². The summed E-state index contributed by atoms with van der Waals surface area (Å²) in [6.45, 7) is -0.700. The first kappa shape index (κ1) is 15.8. The molecule has 2 heterocycles. The average molecular weight is 319 g/mol. The summed E-state index contributed by atoms with van der Waals surface area (Å²) in [4.78, 5) is 29.2. The fraction of sp³-hybridized carbons (Fsp3) is 0.500. The minimum absolute atomic E-state index is 0.0000638. The molecule has 11 heteroatoms. The van der Waals surface area contributed by atoms with Crippen LogP contribution in [-0.2, 0) is 9.30 Å². The van der Waals surface area contributed by atoms with Gasteiger partial charge in [0.1, 0.15) is 24.9 Å². The van der Waals surface area contributed by atoms with Gasteiger partial charge in [-0.15, -0.1) is 0 Å². The monoisotopic (exact) mass is 319 g/mol. The molecule has 0 aliphatic carbocycles. The predicted octanol–water partition coefficient (Wildman–Crippen LogP) is 0.461. The molecule has 0 radical (unpaired) electrons. The third-order valence-electron chi connectivity index (χ3n) is 2.81. The quantitative estimate of drug-likeness (QED) is 0.494. The lowest BCUT2D eigenvalue weighted by atomic mass is 10.2. The lowest BCUT2D eigenvalue weighted by molar-refractivity contribution is 0.138. The van der Waals surface area contributed by atoms with Crippen molar-refractivity contribution in [2.45, 2.75) is 12.5 Å². The summed E-state index contributed by atoms with van der Waals surface area (Å²) >= 11 is 0. The predicted molar refractivity (Wildman–Crippen MR) is 72.2 cm³/mol. The average Bonchev–Trinajstić information content (AvgIpc) is 2.83. The zero-order valence-electron chi connectivity index (χ0n) is 11.0. The van der Waals surface area contributed by atoms with E-state index in [0.29, 0.717) is 11.2 Å². The van der Waals surface area contributed by atoms with Crippen molar-refractivity contribution in [1.82, 2.24) is 19.5 Å². The summed E-state index contributed by atoms with van der Waals surface area (Å²) in [5, 5.41) is 0. The normalized spacial score (nSPS) is 13.7. The summed E-state index contributed by atoms with van der Waals surface area (Å²) in [6, 6.07) is -0.610. The van der Waals surface area contributed by atoms with Gasteiger partial charge in [-0.2, -0.15) is 0 Å². The highest BCUT2D eigenvalue weighted by molar-refractivity contribution is 7.51. The maximum Gasteiger partial charge on any atom is 0.350 e. The summed E-state index contributed by atoms with van der Waals surface area (Å²) in [5.41, 5.74) is 6.43. The summed E-state index contributed by atoms with van der Waals surface area (Å²) in [5.74, 6) is 0.203. The van der Waals surface area contributed by atoms with E-state index in [0.717, 1.165) is 0 Å². The molecule has 0 spiro atoms. The number of halogens is 1. The van der Waals surface area contributed by atoms with Crippen molar-refractivity contribution < 1.29 is 23.5 Å². The number of alkyl halides is 1. The van der Waals surface area contributed by atoms with Crippen LogP contribution in [0.3, 0.4) is 0 Å². The molecule has 0 aromatic carbocycles. The van der Waals surface area contributed by atoms with Gasteiger partial charge in [-0.25, -0.2) is 19.3 Å². The van der Waals surface area contributed by atoms with Gasteiger partial charge in [0.05, 0.1) is 12.4 Å². The molecule has 2 aromatic rings. The molecule has 1 atom stereocenters. The van der Waals surface area contributed by atoms with Gasteiger partial charge in [-0.05, 0) is 6.42 Å². The molecule has 21 heavy (non-hydrogen) atoms. The third-order valence-corrected chi connectivity index (χ3v) is 3.33. The first-order valence-electron chi connectivity index (χ1n) is 6.03. The fourth-order valence-electron chi connectivity index (χ4n) is 1.83. The first-order chi connectivity index (χ1) is 9.92. The molecule has 4 N–H and O–H groups in total. The Bertz CT molecular complexity index is 660. The molecule has 1 unspecified atom stereocenters. The largest absolute Gasteiger partial charge is 0.382 e. The number of ether oxygens (including phenoxy) is 1. The topological polar surface area (TPSA) is 136 Å². The van der Waals surface area contributed by atoms with Crippen LogP contribution < -0.4 is 5.73 Å². The maximum absolute atomic E-state index is 13.2. The smallest absolute Gasteiger partial charge is 0.350 e. The Morgan fingerprint density at radius 3 is 2.86 bits per heavy atom. The van der Waals surface area contributed by atoms with Gasteiger partial charge in [0.25, 0.3) is 0 Å². The van der Waals surface area contributed by atoms with E-state index in [1.54, 1.807) is 0 Å². The van der Waals surface area contributed by atoms with Crippen LogP contribution in [0.5, 0.6) is 0 Å². The van der Waals surface area contributed by atoms with E-state index < -0.39 is 26.7 Å². The van der Waals surface area contributed by atoms with E-state index in [4.69, 9.17) is 20.3 Å². The second-order valence-electron chi connectivity index (χ2n) is 4.38. The molecule has 0 bridgehead atoms. The standard InChI is InChI=1S/C10H15FN5O4P/c11-3-7(1-2-20-6-21(17,18)19)16-5-15-8-9(12)13-4-14-10(8)16/h4-5,7H,1-3,6H2,(H2,12,13,14)(H2,17,18,19). The van der Waals surface area contributed by atoms with Gasteiger partial charge in [0.15, 0.2) is 11.5 Å². The number of nitrogen functional groups attached to an aromatic ring is 1. The van der Waals surface area contributed by atoms with Crippen molar-refractivity contribution >= 4 is 24.6 Å². The highest BCUT2D eigenvalue weighted by atomic mass is 31.2. The SMILES string of the molecule is Nc1ncnc2c1ncn2C(CF)CCOCP(=O)(O)O. The van der Waals surface area contributed by atoms with E-state index >= 15 is 0 Å². The lowest BCUT2D eigenvalue weighted by Gasteiger charge is -2.15. The van der Waals surface area contributed by atoms with Gasteiger partial charge in [-0.3, -0.25) is 4.57 Å². The molecule has 2 rings (SSSR count). The Balaban J connectivity index is 2.06. The van der Waals surface area contributed by atoms with Crippen molar-refractivity contribution in [3.05, 3.63) is 12.7 Å². The second-order valence-corrected chi connectivity index (χ2v) is 5.97. The van der Waals surface area contributed by atoms with E-state index in [2.05, 4.69) is 15.0 Å². The van der Waals surface area contributed by atoms with Crippen LogP contribution >= 0.6 is 7.60 Å². The van der Waals surface area contributed by atoms with Gasteiger partial charge in [0, 0.05) is 6.61 Å². The van der Waals surface area contributed by atoms with Gasteiger partial charge < -0.3 is 24.8 Å². The van der Waals surface area contributed by atoms with Crippen molar-refractivity contribution in [3.8, 4) is 0 Å². The van der Waals surface area contributed by atoms with E-state index in [1.807, 2.05) is 0 Å². The number of nitrogens with zero attached hydrogens (tertiary/aromatic N) is 4. The van der Waals surface area contributed by atoms with Crippen LogP contribution in [0.15, 0.2) is 12.7 Å². The first-order valence-corrected chi connectivity index (χ1v) is 7.83. The molecule has 0 fully saturated rings. The Labute approximate surface area is 119 Å². The van der Waals surface area contributed by atoms with Crippen molar-refractivity contribution in [1.29, 1.82) is 0 Å². The Morgan fingerprint density at radius 1 is 1.43 bits per heavy atom. The molecule has 0 saturated heterocycles. The summed E-state index contributed by atoms with van der Waals surface area (Å²) in [6.07, 6.45) is 2.19. The van der Waals surface area contributed by atoms with Crippen molar-refractivity contribution in [3.63, 3.8) is 0 Å². The molecule has 2 aromatic heterocycles. The van der Waals surface area contributed by atoms with Crippen LogP contribution in [0.25, 0.3) is 11.2 Å². The number of anilines is 1. The van der Waals surface area contributed by atoms with Crippen molar-refractivity contribution in [2.75, 3.05) is 25.4 Å². The molecular formula is C10H15FN5O4P. The van der Waals surface area contributed by atoms with E-state index in [9.17, 15) is 8.96 Å². The van der Waals surface area contributed by atoms with Crippen LogP contribution in [0.2, 0.25) is 0 Å². The molecular weight excluding hydrogens is 304 g/mol. The molecule has 0 amide bonds. The second kappa shape index (κ2) is 6.44. The zero-order valence-corrected chi connectivity index (χ0v) is 11.9. The Morgan fingerprint density at radius 2 is 2.19 bits per heavy atom. The summed E-state index contributed by atoms with van der Waals surface area (Å²) in [7, 11) is -4.21. The molecule has 0 aliphatic rings. The maximum atomic E-state index is 13.2. The number of hydrogen-bond acceptors (Lipinski definition) is 6. The highest BCUT2D eigenvalue weighted by Crippen LogP contribution is 2.34. The number of rotatable bonds is 7. The lowest BCUT2D eigenvalue weighted by Crippen LogP contribution is -2.14. The van der Waals surface area contributed by atoms with Gasteiger partial charge in [-0.1, -0.05) is 0 Å². The number of aromatic nitrogens is 4. The molecule has 0 aliphatic heterocycles.